The molecule has 128 valence electrons. The van der Waals surface area contributed by atoms with Crippen LogP contribution in [-0.2, 0) is 26.2 Å². The SMILES string of the molecule is CCC(C)[c-]1cccc1.CC[N-]C.CC[N-]C.CC[N-]C.[Zr+4]. The van der Waals surface area contributed by atoms with Crippen LogP contribution in [0.15, 0.2) is 24.3 Å². The maximum atomic E-state index is 3.74. The Labute approximate surface area is 159 Å². The van der Waals surface area contributed by atoms with E-state index >= 15 is 0 Å². The van der Waals surface area contributed by atoms with E-state index in [-0.39, 0.29) is 26.2 Å². The van der Waals surface area contributed by atoms with Crippen LogP contribution in [0.2, 0.25) is 0 Å². The van der Waals surface area contributed by atoms with Crippen molar-refractivity contribution in [3.63, 3.8) is 0 Å². The van der Waals surface area contributed by atoms with Crippen LogP contribution in [0.1, 0.15) is 52.5 Å². The summed E-state index contributed by atoms with van der Waals surface area (Å²) in [6.07, 6.45) is 1.24. The first kappa shape index (κ1) is 30.0. The Hall–Kier alpha value is 0.113. The van der Waals surface area contributed by atoms with E-state index in [2.05, 4.69) is 54.1 Å². The fourth-order valence-electron chi connectivity index (χ4n) is 0.953. The quantitative estimate of drug-likeness (QED) is 0.561. The van der Waals surface area contributed by atoms with Gasteiger partial charge < -0.3 is 16.0 Å². The Balaban J connectivity index is -0.000000107. The van der Waals surface area contributed by atoms with Gasteiger partial charge in [-0.15, -0.1) is 0 Å². The Kier molecular flexibility index (Phi) is 39.8. The number of nitrogens with zero attached hydrogens (tertiary/aromatic N) is 3. The molecule has 1 aromatic carbocycles. The zero-order valence-corrected chi connectivity index (χ0v) is 18.5. The van der Waals surface area contributed by atoms with Crippen molar-refractivity contribution in [2.24, 2.45) is 0 Å². The van der Waals surface area contributed by atoms with Gasteiger partial charge in [0.05, 0.1) is 0 Å². The summed E-state index contributed by atoms with van der Waals surface area (Å²) in [5.41, 5.74) is 1.47. The van der Waals surface area contributed by atoms with E-state index in [1.165, 1.54) is 12.0 Å². The molecule has 1 aromatic rings. The van der Waals surface area contributed by atoms with E-state index in [9.17, 15) is 0 Å². The van der Waals surface area contributed by atoms with Gasteiger partial charge in [-0.05, 0) is 0 Å². The van der Waals surface area contributed by atoms with Crippen LogP contribution in [0.4, 0.5) is 0 Å². The Morgan fingerprint density at radius 3 is 1.23 bits per heavy atom. The smallest absolute Gasteiger partial charge is 0.665 e. The third-order valence-corrected chi connectivity index (χ3v) is 2.82. The van der Waals surface area contributed by atoms with Crippen LogP contribution in [0.25, 0.3) is 16.0 Å². The standard InChI is InChI=1S/C9H13.3C3H8N.Zr/c1-3-8(2)9-6-4-5-7-9;3*1-3-4-2;/h4-8H,3H2,1-2H3;3*3H2,1-2H3;/q4*-1;+4. The molecule has 0 fully saturated rings. The van der Waals surface area contributed by atoms with E-state index in [0.717, 1.165) is 25.6 Å². The summed E-state index contributed by atoms with van der Waals surface area (Å²) in [6, 6.07) is 8.57. The van der Waals surface area contributed by atoms with Crippen LogP contribution in [0.3, 0.4) is 0 Å². The first-order valence-corrected chi connectivity index (χ1v) is 7.97. The first-order valence-electron chi connectivity index (χ1n) is 7.97. The summed E-state index contributed by atoms with van der Waals surface area (Å²) >= 11 is 0. The number of hydrogen-bond acceptors (Lipinski definition) is 0. The number of hydrogen-bond donors (Lipinski definition) is 0. The van der Waals surface area contributed by atoms with E-state index in [4.69, 9.17) is 0 Å². The minimum Gasteiger partial charge on any atom is -0.665 e. The van der Waals surface area contributed by atoms with Gasteiger partial charge in [-0.25, -0.2) is 12.1 Å². The summed E-state index contributed by atoms with van der Waals surface area (Å²) in [5.74, 6) is 0.736. The minimum atomic E-state index is 0. The molecule has 1 rings (SSSR count). The Morgan fingerprint density at radius 2 is 1.05 bits per heavy atom. The minimum absolute atomic E-state index is 0. The van der Waals surface area contributed by atoms with Gasteiger partial charge >= 0.3 is 26.2 Å². The fourth-order valence-corrected chi connectivity index (χ4v) is 0.953. The molecule has 22 heavy (non-hydrogen) atoms. The van der Waals surface area contributed by atoms with Gasteiger partial charge in [0.15, 0.2) is 0 Å². The molecule has 0 saturated carbocycles. The summed E-state index contributed by atoms with van der Waals surface area (Å²) in [6.45, 7) is 13.4. The molecule has 0 N–H and O–H groups in total. The normalized spacial score (nSPS) is 9.64. The van der Waals surface area contributed by atoms with Crippen LogP contribution >= 0.6 is 0 Å². The molecular formula is C18H37N3Zr. The molecule has 0 aromatic heterocycles. The molecule has 0 saturated heterocycles. The third-order valence-electron chi connectivity index (χ3n) is 2.82. The molecule has 0 amide bonds. The molecule has 0 radical (unpaired) electrons. The first-order chi connectivity index (χ1) is 10.1. The molecule has 0 aliphatic carbocycles. The van der Waals surface area contributed by atoms with Gasteiger partial charge in [-0.3, -0.25) is 0 Å². The fraction of sp³-hybridized carbons (Fsp3) is 0.722. The molecule has 0 aliphatic rings. The van der Waals surface area contributed by atoms with Crippen molar-refractivity contribution in [2.75, 3.05) is 40.8 Å². The van der Waals surface area contributed by atoms with Crippen molar-refractivity contribution in [2.45, 2.75) is 47.0 Å². The average Bonchev–Trinajstić information content (AvgIpc) is 3.09. The second kappa shape index (κ2) is 29.2. The van der Waals surface area contributed by atoms with Crippen LogP contribution in [-0.4, -0.2) is 40.8 Å². The van der Waals surface area contributed by atoms with E-state index < -0.39 is 0 Å². The van der Waals surface area contributed by atoms with E-state index in [0.29, 0.717) is 0 Å². The second-order valence-corrected chi connectivity index (χ2v) is 4.42. The van der Waals surface area contributed by atoms with Gasteiger partial charge in [-0.2, -0.15) is 58.5 Å². The zero-order valence-electron chi connectivity index (χ0n) is 16.1. The van der Waals surface area contributed by atoms with Crippen molar-refractivity contribution >= 4 is 0 Å². The molecule has 3 nitrogen and oxygen atoms in total. The van der Waals surface area contributed by atoms with Crippen LogP contribution in [0.5, 0.6) is 0 Å². The van der Waals surface area contributed by atoms with E-state index in [1.807, 2.05) is 20.8 Å². The monoisotopic (exact) mass is 385 g/mol. The van der Waals surface area contributed by atoms with Crippen molar-refractivity contribution in [3.8, 4) is 0 Å². The summed E-state index contributed by atoms with van der Waals surface area (Å²) in [5, 5.41) is 11.2. The average molecular weight is 387 g/mol. The Bertz CT molecular complexity index is 223. The summed E-state index contributed by atoms with van der Waals surface area (Å²) < 4.78 is 0. The van der Waals surface area contributed by atoms with Gasteiger partial charge in [-0.1, -0.05) is 47.0 Å². The topological polar surface area (TPSA) is 42.3 Å². The largest absolute Gasteiger partial charge is 4.00 e. The number of rotatable bonds is 5. The predicted molar refractivity (Wildman–Crippen MR) is 100 cm³/mol. The van der Waals surface area contributed by atoms with Gasteiger partial charge in [0.2, 0.25) is 0 Å². The molecule has 1 atom stereocenters. The van der Waals surface area contributed by atoms with Crippen molar-refractivity contribution < 1.29 is 26.2 Å². The molecule has 0 bridgehead atoms. The molecule has 0 aliphatic heterocycles. The second-order valence-electron chi connectivity index (χ2n) is 4.42. The maximum absolute atomic E-state index is 3.74. The summed E-state index contributed by atoms with van der Waals surface area (Å²) in [7, 11) is 5.42. The molecule has 0 spiro atoms. The predicted octanol–water partition coefficient (Wildman–Crippen LogP) is 5.95. The summed E-state index contributed by atoms with van der Waals surface area (Å²) in [4.78, 5) is 0. The van der Waals surface area contributed by atoms with Crippen molar-refractivity contribution in [3.05, 3.63) is 45.8 Å². The molecular weight excluding hydrogens is 349 g/mol. The maximum Gasteiger partial charge on any atom is 4.00 e. The van der Waals surface area contributed by atoms with Crippen LogP contribution < -0.4 is 0 Å². The molecule has 1 unspecified atom stereocenters. The molecule has 0 heterocycles. The molecule has 4 heteroatoms. The van der Waals surface area contributed by atoms with Gasteiger partial charge in [0.1, 0.15) is 0 Å². The van der Waals surface area contributed by atoms with Crippen LogP contribution in [0, 0.1) is 0 Å². The zero-order chi connectivity index (χ0) is 16.9. The van der Waals surface area contributed by atoms with Crippen molar-refractivity contribution in [1.82, 2.24) is 0 Å². The van der Waals surface area contributed by atoms with Crippen molar-refractivity contribution in [1.29, 1.82) is 0 Å². The van der Waals surface area contributed by atoms with Gasteiger partial charge in [0, 0.05) is 0 Å². The Morgan fingerprint density at radius 1 is 0.773 bits per heavy atom. The van der Waals surface area contributed by atoms with Gasteiger partial charge in [0.25, 0.3) is 0 Å². The third kappa shape index (κ3) is 28.3. The van der Waals surface area contributed by atoms with E-state index in [1.54, 1.807) is 21.1 Å².